The van der Waals surface area contributed by atoms with Gasteiger partial charge in [0.15, 0.2) is 0 Å². The molecule has 0 saturated heterocycles. The Bertz CT molecular complexity index is 159. The summed E-state index contributed by atoms with van der Waals surface area (Å²) in [5, 5.41) is 0. The highest BCUT2D eigenvalue weighted by Gasteiger charge is 2.07. The number of hydrogen-bond acceptors (Lipinski definition) is 0. The van der Waals surface area contributed by atoms with Crippen LogP contribution < -0.4 is 0 Å². The lowest BCUT2D eigenvalue weighted by molar-refractivity contribution is 0.367. The molecule has 0 spiro atoms. The number of rotatable bonds is 9. The van der Waals surface area contributed by atoms with E-state index in [-0.39, 0.29) is 0 Å². The van der Waals surface area contributed by atoms with E-state index in [1.54, 1.807) is 0 Å². The minimum atomic E-state index is 0.508. The molecule has 0 aromatic carbocycles. The lowest BCUT2D eigenvalue weighted by Crippen LogP contribution is -2.03. The van der Waals surface area contributed by atoms with Crippen molar-refractivity contribution < 1.29 is 0 Å². The van der Waals surface area contributed by atoms with E-state index in [1.807, 2.05) is 0 Å². The minimum Gasteiger partial charge on any atom is -0.0885 e. The molecule has 0 nitrogen and oxygen atoms in total. The summed E-state index contributed by atoms with van der Waals surface area (Å²) in [6, 6.07) is 0. The Morgan fingerprint density at radius 2 is 1.31 bits per heavy atom. The molecule has 0 heterocycles. The van der Waals surface area contributed by atoms with E-state index in [9.17, 15) is 0 Å². The van der Waals surface area contributed by atoms with E-state index in [2.05, 4.69) is 39.8 Å². The zero-order valence-corrected chi connectivity index (χ0v) is 12.0. The maximum atomic E-state index is 2.38. The fourth-order valence-electron chi connectivity index (χ4n) is 1.85. The Kier molecular flexibility index (Phi) is 9.77. The Labute approximate surface area is 104 Å². The van der Waals surface area contributed by atoms with Gasteiger partial charge in [-0.25, -0.2) is 0 Å². The Morgan fingerprint density at radius 3 is 1.88 bits per heavy atom. The first-order valence-electron chi connectivity index (χ1n) is 7.21. The molecule has 0 rings (SSSR count). The second-order valence-electron chi connectivity index (χ2n) is 6.13. The second-order valence-corrected chi connectivity index (χ2v) is 6.13. The zero-order chi connectivity index (χ0) is 12.3. The van der Waals surface area contributed by atoms with Gasteiger partial charge >= 0.3 is 0 Å². The van der Waals surface area contributed by atoms with Gasteiger partial charge < -0.3 is 0 Å². The third-order valence-electron chi connectivity index (χ3n) is 2.94. The quantitative estimate of drug-likeness (QED) is 0.327. The smallest absolute Gasteiger partial charge is 0.0351 e. The van der Waals surface area contributed by atoms with Crippen LogP contribution in [0.15, 0.2) is 12.2 Å². The van der Waals surface area contributed by atoms with Crippen LogP contribution in [-0.4, -0.2) is 0 Å². The molecule has 0 heteroatoms. The minimum absolute atomic E-state index is 0.508. The molecule has 0 bridgehead atoms. The first-order chi connectivity index (χ1) is 7.56. The number of hydrogen-bond donors (Lipinski definition) is 0. The molecule has 0 aliphatic heterocycles. The van der Waals surface area contributed by atoms with Crippen molar-refractivity contribution >= 4 is 0 Å². The van der Waals surface area contributed by atoms with Crippen LogP contribution in [0, 0.1) is 5.41 Å². The van der Waals surface area contributed by atoms with Gasteiger partial charge in [0, 0.05) is 0 Å². The van der Waals surface area contributed by atoms with Crippen LogP contribution >= 0.6 is 0 Å². The summed E-state index contributed by atoms with van der Waals surface area (Å²) in [6.07, 6.45) is 17.0. The topological polar surface area (TPSA) is 0 Å². The van der Waals surface area contributed by atoms with E-state index in [0.717, 1.165) is 0 Å². The standard InChI is InChI=1S/C16H32/c1-5-6-7-8-9-10-11-12-13-14-15-16(2,3)4/h11-12H,5-10,13-15H2,1-4H3/b12-11-. The van der Waals surface area contributed by atoms with Gasteiger partial charge in [-0.15, -0.1) is 0 Å². The lowest BCUT2D eigenvalue weighted by atomic mass is 9.90. The van der Waals surface area contributed by atoms with Crippen LogP contribution in [0.2, 0.25) is 0 Å². The van der Waals surface area contributed by atoms with Crippen LogP contribution in [0.25, 0.3) is 0 Å². The van der Waals surface area contributed by atoms with Crippen LogP contribution in [0.3, 0.4) is 0 Å². The van der Waals surface area contributed by atoms with Crippen LogP contribution in [0.5, 0.6) is 0 Å². The Hall–Kier alpha value is -0.260. The second kappa shape index (κ2) is 9.93. The third-order valence-corrected chi connectivity index (χ3v) is 2.94. The molecule has 0 aliphatic carbocycles. The summed E-state index contributed by atoms with van der Waals surface area (Å²) in [5.41, 5.74) is 0.508. The molecular formula is C16H32. The van der Waals surface area contributed by atoms with Crippen molar-refractivity contribution in [1.29, 1.82) is 0 Å². The highest BCUT2D eigenvalue weighted by atomic mass is 14.1. The van der Waals surface area contributed by atoms with Crippen LogP contribution in [0.1, 0.15) is 85.5 Å². The maximum Gasteiger partial charge on any atom is -0.0351 e. The van der Waals surface area contributed by atoms with Gasteiger partial charge in [0.2, 0.25) is 0 Å². The molecule has 0 aliphatic rings. The first-order valence-corrected chi connectivity index (χ1v) is 7.21. The maximum absolute atomic E-state index is 2.38. The summed E-state index contributed by atoms with van der Waals surface area (Å²) in [4.78, 5) is 0. The van der Waals surface area contributed by atoms with E-state index >= 15 is 0 Å². The third kappa shape index (κ3) is 13.7. The highest BCUT2D eigenvalue weighted by molar-refractivity contribution is 4.81. The van der Waals surface area contributed by atoms with Crippen molar-refractivity contribution in [2.24, 2.45) is 5.41 Å². The van der Waals surface area contributed by atoms with E-state index in [1.165, 1.54) is 57.8 Å². The summed E-state index contributed by atoms with van der Waals surface area (Å²) >= 11 is 0. The SMILES string of the molecule is CCCCCCC/C=C\CCCC(C)(C)C. The monoisotopic (exact) mass is 224 g/mol. The van der Waals surface area contributed by atoms with E-state index in [0.29, 0.717) is 5.41 Å². The van der Waals surface area contributed by atoms with Crippen molar-refractivity contribution in [3.05, 3.63) is 12.2 Å². The molecular weight excluding hydrogens is 192 g/mol. The fourth-order valence-corrected chi connectivity index (χ4v) is 1.85. The van der Waals surface area contributed by atoms with Gasteiger partial charge in [0.1, 0.15) is 0 Å². The lowest BCUT2D eigenvalue weighted by Gasteiger charge is -2.16. The molecule has 0 amide bonds. The van der Waals surface area contributed by atoms with Gasteiger partial charge in [-0.3, -0.25) is 0 Å². The summed E-state index contributed by atoms with van der Waals surface area (Å²) in [5.74, 6) is 0. The Morgan fingerprint density at radius 1 is 0.750 bits per heavy atom. The predicted octanol–water partition coefficient (Wildman–Crippen LogP) is 6.12. The molecule has 0 aromatic heterocycles. The Balaban J connectivity index is 3.16. The fraction of sp³-hybridized carbons (Fsp3) is 0.875. The first kappa shape index (κ1) is 15.7. The van der Waals surface area contributed by atoms with Crippen molar-refractivity contribution in [1.82, 2.24) is 0 Å². The van der Waals surface area contributed by atoms with Gasteiger partial charge in [-0.2, -0.15) is 0 Å². The normalized spacial score (nSPS) is 12.5. The molecule has 0 atom stereocenters. The zero-order valence-electron chi connectivity index (χ0n) is 12.0. The van der Waals surface area contributed by atoms with Gasteiger partial charge in [-0.1, -0.05) is 65.5 Å². The average molecular weight is 224 g/mol. The number of unbranched alkanes of at least 4 members (excludes halogenated alkanes) is 6. The van der Waals surface area contributed by atoms with Gasteiger partial charge in [0.05, 0.1) is 0 Å². The van der Waals surface area contributed by atoms with Crippen molar-refractivity contribution in [2.45, 2.75) is 85.5 Å². The van der Waals surface area contributed by atoms with Crippen molar-refractivity contribution in [3.63, 3.8) is 0 Å². The molecule has 0 fully saturated rings. The molecule has 0 N–H and O–H groups in total. The highest BCUT2D eigenvalue weighted by Crippen LogP contribution is 2.21. The van der Waals surface area contributed by atoms with Crippen molar-refractivity contribution in [3.8, 4) is 0 Å². The van der Waals surface area contributed by atoms with Crippen LogP contribution in [-0.2, 0) is 0 Å². The molecule has 0 radical (unpaired) electrons. The largest absolute Gasteiger partial charge is 0.0885 e. The molecule has 0 unspecified atom stereocenters. The van der Waals surface area contributed by atoms with Gasteiger partial charge in [0.25, 0.3) is 0 Å². The van der Waals surface area contributed by atoms with Crippen LogP contribution in [0.4, 0.5) is 0 Å². The van der Waals surface area contributed by atoms with E-state index < -0.39 is 0 Å². The summed E-state index contributed by atoms with van der Waals surface area (Å²) in [7, 11) is 0. The summed E-state index contributed by atoms with van der Waals surface area (Å²) < 4.78 is 0. The summed E-state index contributed by atoms with van der Waals surface area (Å²) in [6.45, 7) is 9.24. The number of allylic oxidation sites excluding steroid dienone is 2. The predicted molar refractivity (Wildman–Crippen MR) is 75.8 cm³/mol. The van der Waals surface area contributed by atoms with Crippen molar-refractivity contribution in [2.75, 3.05) is 0 Å². The molecule has 96 valence electrons. The van der Waals surface area contributed by atoms with Gasteiger partial charge in [-0.05, 0) is 37.5 Å². The molecule has 0 saturated carbocycles. The average Bonchev–Trinajstić information content (AvgIpc) is 2.19. The van der Waals surface area contributed by atoms with E-state index in [4.69, 9.17) is 0 Å². The molecule has 0 aromatic rings. The molecule has 16 heavy (non-hydrogen) atoms.